The number of rotatable bonds is 9. The van der Waals surface area contributed by atoms with Gasteiger partial charge in [0.1, 0.15) is 0 Å². The van der Waals surface area contributed by atoms with Crippen LogP contribution in [0.3, 0.4) is 0 Å². The second-order valence-electron chi connectivity index (χ2n) is 4.32. The second-order valence-corrected chi connectivity index (χ2v) is 4.32. The van der Waals surface area contributed by atoms with Crippen LogP contribution in [0, 0.1) is 5.92 Å². The monoisotopic (exact) mass is 231 g/mol. The van der Waals surface area contributed by atoms with E-state index in [0.717, 1.165) is 52.4 Å². The standard InChI is InChI=1S/C12H25NO3/c1-3-12(10-14-2)13-5-7-16-9-11-4-6-15-8-11/h11-13H,3-10H2,1-2H3. The molecule has 4 heteroatoms. The fourth-order valence-corrected chi connectivity index (χ4v) is 1.82. The van der Waals surface area contributed by atoms with E-state index in [9.17, 15) is 0 Å². The SMILES string of the molecule is CCC(COC)NCCOCC1CCOC1. The van der Waals surface area contributed by atoms with Gasteiger partial charge in [0.25, 0.3) is 0 Å². The Morgan fingerprint density at radius 1 is 1.50 bits per heavy atom. The first-order valence-electron chi connectivity index (χ1n) is 6.24. The van der Waals surface area contributed by atoms with Crippen molar-refractivity contribution in [3.8, 4) is 0 Å². The molecule has 1 fully saturated rings. The van der Waals surface area contributed by atoms with Crippen LogP contribution in [0.2, 0.25) is 0 Å². The molecule has 96 valence electrons. The third-order valence-corrected chi connectivity index (χ3v) is 2.92. The summed E-state index contributed by atoms with van der Waals surface area (Å²) in [5, 5.41) is 3.41. The smallest absolute Gasteiger partial charge is 0.0615 e. The minimum atomic E-state index is 0.448. The molecule has 0 spiro atoms. The minimum Gasteiger partial charge on any atom is -0.383 e. The zero-order chi connectivity index (χ0) is 11.6. The van der Waals surface area contributed by atoms with Gasteiger partial charge in [0.2, 0.25) is 0 Å². The number of ether oxygens (including phenoxy) is 3. The summed E-state index contributed by atoms with van der Waals surface area (Å²) < 4.78 is 16.0. The maximum atomic E-state index is 5.61. The van der Waals surface area contributed by atoms with Crippen LogP contribution in [0.15, 0.2) is 0 Å². The van der Waals surface area contributed by atoms with Crippen LogP contribution in [0.4, 0.5) is 0 Å². The van der Waals surface area contributed by atoms with Crippen molar-refractivity contribution in [2.75, 3.05) is 46.7 Å². The van der Waals surface area contributed by atoms with Crippen LogP contribution in [0.5, 0.6) is 0 Å². The van der Waals surface area contributed by atoms with Gasteiger partial charge in [-0.3, -0.25) is 0 Å². The largest absolute Gasteiger partial charge is 0.383 e. The molecule has 1 aliphatic rings. The van der Waals surface area contributed by atoms with Crippen molar-refractivity contribution >= 4 is 0 Å². The minimum absolute atomic E-state index is 0.448. The van der Waals surface area contributed by atoms with Crippen molar-refractivity contribution in [1.29, 1.82) is 0 Å². The molecule has 0 amide bonds. The molecule has 0 radical (unpaired) electrons. The van der Waals surface area contributed by atoms with Crippen LogP contribution >= 0.6 is 0 Å². The average molecular weight is 231 g/mol. The first-order chi connectivity index (χ1) is 7.86. The van der Waals surface area contributed by atoms with Crippen molar-refractivity contribution in [2.45, 2.75) is 25.8 Å². The van der Waals surface area contributed by atoms with Crippen molar-refractivity contribution < 1.29 is 14.2 Å². The number of hydrogen-bond acceptors (Lipinski definition) is 4. The van der Waals surface area contributed by atoms with E-state index >= 15 is 0 Å². The normalized spacial score (nSPS) is 22.5. The Labute approximate surface area is 98.6 Å². The van der Waals surface area contributed by atoms with Crippen LogP contribution in [-0.4, -0.2) is 52.7 Å². The van der Waals surface area contributed by atoms with Crippen LogP contribution < -0.4 is 5.32 Å². The highest BCUT2D eigenvalue weighted by atomic mass is 16.5. The van der Waals surface area contributed by atoms with Gasteiger partial charge >= 0.3 is 0 Å². The summed E-state index contributed by atoms with van der Waals surface area (Å²) in [6.07, 6.45) is 2.24. The molecule has 1 rings (SSSR count). The Morgan fingerprint density at radius 2 is 2.38 bits per heavy atom. The summed E-state index contributed by atoms with van der Waals surface area (Å²) in [6.45, 7) is 7.21. The molecule has 0 aliphatic carbocycles. The molecular weight excluding hydrogens is 206 g/mol. The lowest BCUT2D eigenvalue weighted by atomic mass is 10.1. The summed E-state index contributed by atoms with van der Waals surface area (Å²) in [4.78, 5) is 0. The Balaban J connectivity index is 1.89. The van der Waals surface area contributed by atoms with E-state index in [2.05, 4.69) is 12.2 Å². The Morgan fingerprint density at radius 3 is 3.00 bits per heavy atom. The molecule has 0 aromatic heterocycles. The molecule has 16 heavy (non-hydrogen) atoms. The van der Waals surface area contributed by atoms with Gasteiger partial charge < -0.3 is 19.5 Å². The lowest BCUT2D eigenvalue weighted by Gasteiger charge is -2.16. The van der Waals surface area contributed by atoms with Gasteiger partial charge in [-0.05, 0) is 12.8 Å². The van der Waals surface area contributed by atoms with Gasteiger partial charge in [-0.2, -0.15) is 0 Å². The van der Waals surface area contributed by atoms with E-state index in [1.807, 2.05) is 0 Å². The molecule has 1 heterocycles. The molecule has 1 aliphatic heterocycles. The molecule has 1 N–H and O–H groups in total. The van der Waals surface area contributed by atoms with E-state index in [1.165, 1.54) is 0 Å². The summed E-state index contributed by atoms with van der Waals surface area (Å²) in [6, 6.07) is 0.448. The summed E-state index contributed by atoms with van der Waals surface area (Å²) >= 11 is 0. The van der Waals surface area contributed by atoms with E-state index in [0.29, 0.717) is 12.0 Å². The Hall–Kier alpha value is -0.160. The molecule has 0 aromatic rings. The van der Waals surface area contributed by atoms with E-state index in [-0.39, 0.29) is 0 Å². The van der Waals surface area contributed by atoms with Crippen molar-refractivity contribution in [2.24, 2.45) is 5.92 Å². The zero-order valence-electron chi connectivity index (χ0n) is 10.5. The average Bonchev–Trinajstić information content (AvgIpc) is 2.80. The molecular formula is C12H25NO3. The van der Waals surface area contributed by atoms with Crippen molar-refractivity contribution in [3.05, 3.63) is 0 Å². The molecule has 0 saturated carbocycles. The molecule has 0 aromatic carbocycles. The highest BCUT2D eigenvalue weighted by Gasteiger charge is 2.15. The zero-order valence-corrected chi connectivity index (χ0v) is 10.5. The molecule has 2 atom stereocenters. The lowest BCUT2D eigenvalue weighted by Crippen LogP contribution is -2.35. The number of hydrogen-bond donors (Lipinski definition) is 1. The fraction of sp³-hybridized carbons (Fsp3) is 1.00. The first kappa shape index (κ1) is 13.9. The van der Waals surface area contributed by atoms with Gasteiger partial charge in [-0.15, -0.1) is 0 Å². The van der Waals surface area contributed by atoms with Gasteiger partial charge in [-0.25, -0.2) is 0 Å². The molecule has 2 unspecified atom stereocenters. The summed E-state index contributed by atoms with van der Waals surface area (Å²) in [7, 11) is 1.74. The lowest BCUT2D eigenvalue weighted by molar-refractivity contribution is 0.0867. The third-order valence-electron chi connectivity index (χ3n) is 2.92. The van der Waals surface area contributed by atoms with Gasteiger partial charge in [0.05, 0.1) is 26.4 Å². The molecule has 1 saturated heterocycles. The highest BCUT2D eigenvalue weighted by Crippen LogP contribution is 2.11. The predicted octanol–water partition coefficient (Wildman–Crippen LogP) is 1.05. The van der Waals surface area contributed by atoms with Crippen LogP contribution in [0.1, 0.15) is 19.8 Å². The van der Waals surface area contributed by atoms with E-state index in [1.54, 1.807) is 7.11 Å². The molecule has 4 nitrogen and oxygen atoms in total. The maximum absolute atomic E-state index is 5.61. The Bertz CT molecular complexity index is 160. The van der Waals surface area contributed by atoms with Crippen molar-refractivity contribution in [1.82, 2.24) is 5.32 Å². The van der Waals surface area contributed by atoms with Crippen LogP contribution in [0.25, 0.3) is 0 Å². The summed E-state index contributed by atoms with van der Waals surface area (Å²) in [5.41, 5.74) is 0. The van der Waals surface area contributed by atoms with Gasteiger partial charge in [-0.1, -0.05) is 6.92 Å². The van der Waals surface area contributed by atoms with Gasteiger partial charge in [0.15, 0.2) is 0 Å². The number of nitrogens with one attached hydrogen (secondary N) is 1. The Kier molecular flexibility index (Phi) is 7.76. The maximum Gasteiger partial charge on any atom is 0.0615 e. The number of methoxy groups -OCH3 is 1. The third kappa shape index (κ3) is 5.80. The second kappa shape index (κ2) is 8.93. The van der Waals surface area contributed by atoms with Gasteiger partial charge in [0, 0.05) is 32.2 Å². The fourth-order valence-electron chi connectivity index (χ4n) is 1.82. The molecule has 0 bridgehead atoms. The quantitative estimate of drug-likeness (QED) is 0.602. The topological polar surface area (TPSA) is 39.7 Å². The highest BCUT2D eigenvalue weighted by molar-refractivity contribution is 4.64. The van der Waals surface area contributed by atoms with E-state index in [4.69, 9.17) is 14.2 Å². The predicted molar refractivity (Wildman–Crippen MR) is 63.7 cm³/mol. The van der Waals surface area contributed by atoms with Crippen molar-refractivity contribution in [3.63, 3.8) is 0 Å². The van der Waals surface area contributed by atoms with E-state index < -0.39 is 0 Å². The van der Waals surface area contributed by atoms with Crippen LogP contribution in [-0.2, 0) is 14.2 Å². The summed E-state index contributed by atoms with van der Waals surface area (Å²) in [5.74, 6) is 0.612. The first-order valence-corrected chi connectivity index (χ1v) is 6.24.